The first-order valence-electron chi connectivity index (χ1n) is 6.99. The van der Waals surface area contributed by atoms with E-state index in [2.05, 4.69) is 6.92 Å². The molecule has 0 N–H and O–H groups in total. The van der Waals surface area contributed by atoms with Crippen LogP contribution in [0.5, 0.6) is 0 Å². The van der Waals surface area contributed by atoms with Crippen molar-refractivity contribution in [3.05, 3.63) is 34.6 Å². The molecule has 1 aliphatic carbocycles. The van der Waals surface area contributed by atoms with Crippen LogP contribution in [0.1, 0.15) is 38.2 Å². The van der Waals surface area contributed by atoms with Gasteiger partial charge >= 0.3 is 0 Å². The van der Waals surface area contributed by atoms with E-state index in [1.807, 2.05) is 0 Å². The third-order valence-corrected chi connectivity index (χ3v) is 4.62. The van der Waals surface area contributed by atoms with Crippen molar-refractivity contribution < 1.29 is 13.9 Å². The van der Waals surface area contributed by atoms with Gasteiger partial charge in [0.2, 0.25) is 0 Å². The zero-order chi connectivity index (χ0) is 14.8. The normalized spacial score (nSPS) is 26.5. The Labute approximate surface area is 124 Å². The van der Waals surface area contributed by atoms with Gasteiger partial charge in [-0.25, -0.2) is 4.39 Å². The first kappa shape index (κ1) is 15.5. The summed E-state index contributed by atoms with van der Waals surface area (Å²) in [6, 6.07) is 4.42. The minimum atomic E-state index is -0.673. The summed E-state index contributed by atoms with van der Waals surface area (Å²) < 4.78 is 18.7. The quantitative estimate of drug-likeness (QED) is 0.833. The number of methoxy groups -OCH3 is 1. The molecule has 20 heavy (non-hydrogen) atoms. The number of ketones is 1. The highest BCUT2D eigenvalue weighted by Gasteiger charge is 2.40. The van der Waals surface area contributed by atoms with Crippen molar-refractivity contribution in [2.45, 2.75) is 44.6 Å². The molecule has 0 spiro atoms. The van der Waals surface area contributed by atoms with Gasteiger partial charge in [0.05, 0.1) is 5.02 Å². The first-order chi connectivity index (χ1) is 9.47. The van der Waals surface area contributed by atoms with Gasteiger partial charge in [0.15, 0.2) is 5.78 Å². The maximum absolute atomic E-state index is 13.1. The Morgan fingerprint density at radius 2 is 2.10 bits per heavy atom. The summed E-state index contributed by atoms with van der Waals surface area (Å²) in [5.41, 5.74) is 0.0596. The number of rotatable bonds is 4. The fourth-order valence-corrected chi connectivity index (χ4v) is 3.02. The fraction of sp³-hybridized carbons (Fsp3) is 0.562. The zero-order valence-corrected chi connectivity index (χ0v) is 12.7. The van der Waals surface area contributed by atoms with E-state index in [0.29, 0.717) is 5.92 Å². The molecule has 0 atom stereocenters. The molecule has 1 aromatic rings. The predicted octanol–water partition coefficient (Wildman–Crippen LogP) is 4.19. The molecule has 0 saturated heterocycles. The van der Waals surface area contributed by atoms with Gasteiger partial charge in [0.25, 0.3) is 0 Å². The van der Waals surface area contributed by atoms with E-state index in [-0.39, 0.29) is 17.2 Å². The number of hydrogen-bond acceptors (Lipinski definition) is 2. The van der Waals surface area contributed by atoms with Crippen molar-refractivity contribution in [3.63, 3.8) is 0 Å². The Morgan fingerprint density at radius 1 is 1.45 bits per heavy atom. The van der Waals surface area contributed by atoms with Crippen LogP contribution in [-0.4, -0.2) is 18.5 Å². The van der Waals surface area contributed by atoms with Crippen molar-refractivity contribution in [2.75, 3.05) is 7.11 Å². The van der Waals surface area contributed by atoms with Crippen LogP contribution in [0.15, 0.2) is 18.2 Å². The van der Waals surface area contributed by atoms with Crippen LogP contribution >= 0.6 is 11.6 Å². The summed E-state index contributed by atoms with van der Waals surface area (Å²) >= 11 is 5.75. The van der Waals surface area contributed by atoms with Crippen LogP contribution in [0.3, 0.4) is 0 Å². The summed E-state index contributed by atoms with van der Waals surface area (Å²) in [4.78, 5) is 12.6. The SMILES string of the molecule is COC1(C(=O)Cc2ccc(F)c(Cl)c2)CCC(C)CC1. The molecule has 0 bridgehead atoms. The number of carbonyl (C=O) groups excluding carboxylic acids is 1. The predicted molar refractivity (Wildman–Crippen MR) is 77.5 cm³/mol. The molecule has 0 unspecified atom stereocenters. The number of benzene rings is 1. The van der Waals surface area contributed by atoms with Crippen LogP contribution in [0.2, 0.25) is 5.02 Å². The Balaban J connectivity index is 2.11. The standard InChI is InChI=1S/C16H20ClFO2/c1-11-5-7-16(20-2,8-6-11)15(19)10-12-3-4-14(18)13(17)9-12/h3-4,9,11H,5-8,10H2,1-2H3. The fourth-order valence-electron chi connectivity index (χ4n) is 2.82. The largest absolute Gasteiger partial charge is 0.370 e. The molecule has 1 aromatic carbocycles. The van der Waals surface area contributed by atoms with Crippen molar-refractivity contribution >= 4 is 17.4 Å². The lowest BCUT2D eigenvalue weighted by molar-refractivity contribution is -0.145. The molecule has 1 aliphatic rings. The van der Waals surface area contributed by atoms with Gasteiger partial charge < -0.3 is 4.74 Å². The van der Waals surface area contributed by atoms with Crippen molar-refractivity contribution in [2.24, 2.45) is 5.92 Å². The van der Waals surface area contributed by atoms with Crippen molar-refractivity contribution in [1.29, 1.82) is 0 Å². The number of carbonyl (C=O) groups is 1. The molecule has 1 saturated carbocycles. The lowest BCUT2D eigenvalue weighted by Gasteiger charge is -2.37. The number of ether oxygens (including phenoxy) is 1. The molecular weight excluding hydrogens is 279 g/mol. The molecule has 110 valence electrons. The number of Topliss-reactive ketones (excluding diaryl/α,β-unsaturated/α-hetero) is 1. The van der Waals surface area contributed by atoms with Gasteiger partial charge in [-0.15, -0.1) is 0 Å². The highest BCUT2D eigenvalue weighted by molar-refractivity contribution is 6.30. The molecule has 2 nitrogen and oxygen atoms in total. The van der Waals surface area contributed by atoms with Crippen LogP contribution in [0.4, 0.5) is 4.39 Å². The average Bonchev–Trinajstić information content (AvgIpc) is 2.44. The van der Waals surface area contributed by atoms with E-state index in [1.165, 1.54) is 12.1 Å². The second-order valence-corrected chi connectivity index (χ2v) is 6.14. The summed E-state index contributed by atoms with van der Waals surface area (Å²) in [5, 5.41) is 0.0547. The van der Waals surface area contributed by atoms with Gasteiger partial charge in [0.1, 0.15) is 11.4 Å². The van der Waals surface area contributed by atoms with E-state index in [0.717, 1.165) is 31.2 Å². The smallest absolute Gasteiger partial charge is 0.168 e. The van der Waals surface area contributed by atoms with E-state index in [1.54, 1.807) is 13.2 Å². The Bertz CT molecular complexity index is 493. The van der Waals surface area contributed by atoms with Crippen molar-refractivity contribution in [3.8, 4) is 0 Å². The third kappa shape index (κ3) is 3.21. The molecule has 0 heterocycles. The highest BCUT2D eigenvalue weighted by Crippen LogP contribution is 2.36. The summed E-state index contributed by atoms with van der Waals surface area (Å²) in [5.74, 6) is 0.247. The maximum atomic E-state index is 13.1. The van der Waals surface area contributed by atoms with E-state index >= 15 is 0 Å². The van der Waals surface area contributed by atoms with Gasteiger partial charge in [-0.05, 0) is 49.3 Å². The van der Waals surface area contributed by atoms with Crippen molar-refractivity contribution in [1.82, 2.24) is 0 Å². The molecule has 0 amide bonds. The molecule has 0 radical (unpaired) electrons. The molecular formula is C16H20ClFO2. The molecule has 4 heteroatoms. The number of halogens is 2. The summed E-state index contributed by atoms with van der Waals surface area (Å²) in [6.07, 6.45) is 3.77. The Morgan fingerprint density at radius 3 is 2.65 bits per heavy atom. The highest BCUT2D eigenvalue weighted by atomic mass is 35.5. The third-order valence-electron chi connectivity index (χ3n) is 4.33. The average molecular weight is 299 g/mol. The topological polar surface area (TPSA) is 26.3 Å². The molecule has 1 fully saturated rings. The van der Waals surface area contributed by atoms with Crippen LogP contribution in [0, 0.1) is 11.7 Å². The molecule has 2 rings (SSSR count). The first-order valence-corrected chi connectivity index (χ1v) is 7.37. The van der Waals surface area contributed by atoms with Gasteiger partial charge in [-0.3, -0.25) is 4.79 Å². The van der Waals surface area contributed by atoms with Crippen LogP contribution in [-0.2, 0) is 16.0 Å². The lowest BCUT2D eigenvalue weighted by Crippen LogP contribution is -2.44. The lowest BCUT2D eigenvalue weighted by atomic mass is 9.76. The van der Waals surface area contributed by atoms with Gasteiger partial charge in [0, 0.05) is 13.5 Å². The van der Waals surface area contributed by atoms with Crippen LogP contribution < -0.4 is 0 Å². The number of hydrogen-bond donors (Lipinski definition) is 0. The van der Waals surface area contributed by atoms with E-state index < -0.39 is 11.4 Å². The van der Waals surface area contributed by atoms with E-state index in [4.69, 9.17) is 16.3 Å². The minimum absolute atomic E-state index is 0.0547. The van der Waals surface area contributed by atoms with Gasteiger partial charge in [-0.2, -0.15) is 0 Å². The summed E-state index contributed by atoms with van der Waals surface area (Å²) in [7, 11) is 1.60. The minimum Gasteiger partial charge on any atom is -0.370 e. The second kappa shape index (κ2) is 6.23. The Hall–Kier alpha value is -0.930. The van der Waals surface area contributed by atoms with E-state index in [9.17, 15) is 9.18 Å². The Kier molecular flexibility index (Phi) is 4.82. The zero-order valence-electron chi connectivity index (χ0n) is 11.9. The maximum Gasteiger partial charge on any atom is 0.168 e. The molecule has 0 aromatic heterocycles. The molecule has 0 aliphatic heterocycles. The van der Waals surface area contributed by atoms with Gasteiger partial charge in [-0.1, -0.05) is 24.6 Å². The second-order valence-electron chi connectivity index (χ2n) is 5.73. The summed E-state index contributed by atoms with van der Waals surface area (Å²) in [6.45, 7) is 2.20. The monoisotopic (exact) mass is 298 g/mol. The van der Waals surface area contributed by atoms with Crippen LogP contribution in [0.25, 0.3) is 0 Å².